The highest BCUT2D eigenvalue weighted by Crippen LogP contribution is 2.33. The first-order chi connectivity index (χ1) is 11.2. The highest BCUT2D eigenvalue weighted by Gasteiger charge is 2.26. The van der Waals surface area contributed by atoms with Crippen molar-refractivity contribution in [1.82, 2.24) is 25.1 Å². The summed E-state index contributed by atoms with van der Waals surface area (Å²) in [6.45, 7) is 0. The van der Waals surface area contributed by atoms with Crippen LogP contribution >= 0.6 is 11.8 Å². The highest BCUT2D eigenvalue weighted by molar-refractivity contribution is 7.99. The van der Waals surface area contributed by atoms with E-state index in [1.165, 1.54) is 22.9 Å². The molecule has 0 bridgehead atoms. The smallest absolute Gasteiger partial charge is 0.223 e. The van der Waals surface area contributed by atoms with Crippen LogP contribution in [0.1, 0.15) is 36.4 Å². The van der Waals surface area contributed by atoms with E-state index in [-0.39, 0.29) is 11.9 Å². The van der Waals surface area contributed by atoms with Crippen molar-refractivity contribution in [1.29, 1.82) is 0 Å². The molecule has 0 N–H and O–H groups in total. The standard InChI is InChI=1S/C16H21N5OS/c1-20(14-9-5-7-12-6-3-4-8-13(12)14)15(22)10-11-23-16-17-18-19-21(16)2/h3-4,6,8,14H,5,7,9-11H2,1-2H3. The maximum atomic E-state index is 12.5. The third-order valence-corrected chi connectivity index (χ3v) is 5.34. The van der Waals surface area contributed by atoms with E-state index in [2.05, 4.69) is 39.8 Å². The SMILES string of the molecule is CN(C(=O)CCSc1nnnn1C)C1CCCc2ccccc21. The Morgan fingerprint density at radius 2 is 2.26 bits per heavy atom. The second kappa shape index (κ2) is 7.12. The molecule has 0 radical (unpaired) electrons. The van der Waals surface area contributed by atoms with Crippen LogP contribution in [0, 0.1) is 0 Å². The van der Waals surface area contributed by atoms with Crippen LogP contribution in [0.4, 0.5) is 0 Å². The van der Waals surface area contributed by atoms with Crippen molar-refractivity contribution < 1.29 is 4.79 Å². The van der Waals surface area contributed by atoms with Crippen LogP contribution in [-0.4, -0.2) is 43.8 Å². The number of nitrogens with zero attached hydrogens (tertiary/aromatic N) is 5. The van der Waals surface area contributed by atoms with E-state index in [9.17, 15) is 4.79 Å². The predicted octanol–water partition coefficient (Wildman–Crippen LogP) is 2.23. The lowest BCUT2D eigenvalue weighted by atomic mass is 9.87. The molecule has 6 nitrogen and oxygen atoms in total. The van der Waals surface area contributed by atoms with Crippen molar-refractivity contribution >= 4 is 17.7 Å². The fraction of sp³-hybridized carbons (Fsp3) is 0.500. The third-order valence-electron chi connectivity index (χ3n) is 4.33. The topological polar surface area (TPSA) is 63.9 Å². The minimum atomic E-state index is 0.175. The van der Waals surface area contributed by atoms with E-state index in [1.54, 1.807) is 11.7 Å². The molecule has 1 unspecified atom stereocenters. The Hall–Kier alpha value is -1.89. The van der Waals surface area contributed by atoms with Gasteiger partial charge in [0.2, 0.25) is 11.1 Å². The van der Waals surface area contributed by atoms with Crippen LogP contribution in [0.5, 0.6) is 0 Å². The highest BCUT2D eigenvalue weighted by atomic mass is 32.2. The quantitative estimate of drug-likeness (QED) is 0.786. The lowest BCUT2D eigenvalue weighted by molar-refractivity contribution is -0.131. The number of amides is 1. The molecule has 0 saturated heterocycles. The van der Waals surface area contributed by atoms with E-state index in [0.717, 1.165) is 24.4 Å². The Kier molecular flexibility index (Phi) is 4.95. The van der Waals surface area contributed by atoms with Gasteiger partial charge in [-0.2, -0.15) is 0 Å². The average Bonchev–Trinajstić information content (AvgIpc) is 2.98. The van der Waals surface area contributed by atoms with Gasteiger partial charge in [-0.05, 0) is 40.8 Å². The number of carbonyl (C=O) groups excluding carboxylic acids is 1. The van der Waals surface area contributed by atoms with Crippen molar-refractivity contribution in [2.75, 3.05) is 12.8 Å². The van der Waals surface area contributed by atoms with E-state index in [1.807, 2.05) is 11.9 Å². The summed E-state index contributed by atoms with van der Waals surface area (Å²) in [5.41, 5.74) is 2.68. The maximum Gasteiger partial charge on any atom is 0.223 e. The average molecular weight is 331 g/mol. The van der Waals surface area contributed by atoms with Crippen LogP contribution < -0.4 is 0 Å². The first-order valence-corrected chi connectivity index (χ1v) is 8.84. The van der Waals surface area contributed by atoms with Crippen molar-refractivity contribution in [2.45, 2.75) is 36.9 Å². The van der Waals surface area contributed by atoms with Gasteiger partial charge in [0, 0.05) is 26.3 Å². The fourth-order valence-electron chi connectivity index (χ4n) is 3.05. The van der Waals surface area contributed by atoms with Gasteiger partial charge in [0.1, 0.15) is 0 Å². The van der Waals surface area contributed by atoms with Gasteiger partial charge in [0.25, 0.3) is 0 Å². The number of thioether (sulfide) groups is 1. The second-order valence-corrected chi connectivity index (χ2v) is 6.86. The zero-order valence-electron chi connectivity index (χ0n) is 13.5. The number of aryl methyl sites for hydroxylation is 2. The predicted molar refractivity (Wildman–Crippen MR) is 89.0 cm³/mol. The van der Waals surface area contributed by atoms with Crippen LogP contribution in [0.25, 0.3) is 0 Å². The normalized spacial score (nSPS) is 16.9. The van der Waals surface area contributed by atoms with Crippen molar-refractivity contribution in [2.24, 2.45) is 7.05 Å². The molecule has 1 aliphatic rings. The van der Waals surface area contributed by atoms with Crippen molar-refractivity contribution in [3.05, 3.63) is 35.4 Å². The van der Waals surface area contributed by atoms with Gasteiger partial charge in [-0.1, -0.05) is 36.0 Å². The molecule has 1 amide bonds. The third kappa shape index (κ3) is 3.55. The van der Waals surface area contributed by atoms with Crippen LogP contribution in [-0.2, 0) is 18.3 Å². The van der Waals surface area contributed by atoms with Gasteiger partial charge in [-0.15, -0.1) is 5.10 Å². The number of benzene rings is 1. The van der Waals surface area contributed by atoms with Gasteiger partial charge in [-0.3, -0.25) is 4.79 Å². The minimum absolute atomic E-state index is 0.175. The van der Waals surface area contributed by atoms with E-state index >= 15 is 0 Å². The number of aromatic nitrogens is 4. The molecule has 1 aliphatic carbocycles. The van der Waals surface area contributed by atoms with Crippen LogP contribution in [0.3, 0.4) is 0 Å². The van der Waals surface area contributed by atoms with Gasteiger partial charge >= 0.3 is 0 Å². The number of hydrogen-bond acceptors (Lipinski definition) is 5. The summed E-state index contributed by atoms with van der Waals surface area (Å²) in [5, 5.41) is 12.0. The Balaban J connectivity index is 1.59. The summed E-state index contributed by atoms with van der Waals surface area (Å²) in [7, 11) is 3.72. The first kappa shape index (κ1) is 16.0. The molecule has 0 aliphatic heterocycles. The largest absolute Gasteiger partial charge is 0.339 e. The minimum Gasteiger partial charge on any atom is -0.339 e. The Labute approximate surface area is 140 Å². The Morgan fingerprint density at radius 3 is 3.04 bits per heavy atom. The molecule has 2 aromatic rings. The summed E-state index contributed by atoms with van der Waals surface area (Å²) in [4.78, 5) is 14.4. The second-order valence-electron chi connectivity index (χ2n) is 5.80. The molecule has 0 spiro atoms. The number of tetrazole rings is 1. The number of fused-ring (bicyclic) bond motifs is 1. The molecule has 0 fully saturated rings. The monoisotopic (exact) mass is 331 g/mol. The van der Waals surface area contributed by atoms with Crippen molar-refractivity contribution in [3.8, 4) is 0 Å². The molecule has 0 saturated carbocycles. The molecule has 23 heavy (non-hydrogen) atoms. The zero-order valence-corrected chi connectivity index (χ0v) is 14.3. The molecule has 7 heteroatoms. The summed E-state index contributed by atoms with van der Waals surface area (Å²) in [5.74, 6) is 0.862. The molecule has 1 atom stereocenters. The summed E-state index contributed by atoms with van der Waals surface area (Å²) in [6.07, 6.45) is 3.79. The van der Waals surface area contributed by atoms with E-state index in [4.69, 9.17) is 0 Å². The number of carbonyl (C=O) groups is 1. The fourth-order valence-corrected chi connectivity index (χ4v) is 3.83. The molecular weight excluding hydrogens is 310 g/mol. The molecule has 3 rings (SSSR count). The number of rotatable bonds is 5. The molecule has 1 aromatic carbocycles. The zero-order chi connectivity index (χ0) is 16.2. The lowest BCUT2D eigenvalue weighted by Gasteiger charge is -2.33. The lowest BCUT2D eigenvalue weighted by Crippen LogP contribution is -2.33. The molecule has 122 valence electrons. The summed E-state index contributed by atoms with van der Waals surface area (Å²) >= 11 is 1.51. The Morgan fingerprint density at radius 1 is 1.43 bits per heavy atom. The van der Waals surface area contributed by atoms with Crippen molar-refractivity contribution in [3.63, 3.8) is 0 Å². The molecule has 1 heterocycles. The van der Waals surface area contributed by atoms with E-state index in [0.29, 0.717) is 12.2 Å². The van der Waals surface area contributed by atoms with Gasteiger partial charge in [0.15, 0.2) is 0 Å². The van der Waals surface area contributed by atoms with E-state index < -0.39 is 0 Å². The summed E-state index contributed by atoms with van der Waals surface area (Å²) < 4.78 is 1.62. The Bertz CT molecular complexity index is 687. The molecule has 1 aromatic heterocycles. The van der Waals surface area contributed by atoms with Crippen LogP contribution in [0.15, 0.2) is 29.4 Å². The van der Waals surface area contributed by atoms with Gasteiger partial charge < -0.3 is 4.90 Å². The van der Waals surface area contributed by atoms with Crippen LogP contribution in [0.2, 0.25) is 0 Å². The van der Waals surface area contributed by atoms with Gasteiger partial charge in [-0.25, -0.2) is 4.68 Å². The first-order valence-electron chi connectivity index (χ1n) is 7.85. The molecular formula is C16H21N5OS. The summed E-state index contributed by atoms with van der Waals surface area (Å²) in [6, 6.07) is 8.68. The number of hydrogen-bond donors (Lipinski definition) is 0. The maximum absolute atomic E-state index is 12.5. The van der Waals surface area contributed by atoms with Gasteiger partial charge in [0.05, 0.1) is 6.04 Å².